The Bertz CT molecular complexity index is 452. The van der Waals surface area contributed by atoms with E-state index in [2.05, 4.69) is 0 Å². The summed E-state index contributed by atoms with van der Waals surface area (Å²) >= 11 is 0. The van der Waals surface area contributed by atoms with Gasteiger partial charge in [0, 0.05) is 14.2 Å². The Kier molecular flexibility index (Phi) is 3.40. The maximum Gasteiger partial charge on any atom is 0.362 e. The van der Waals surface area contributed by atoms with Gasteiger partial charge < -0.3 is 23.6 Å². The first-order valence-electron chi connectivity index (χ1n) is 4.89. The molecule has 6 nitrogen and oxygen atoms in total. The summed E-state index contributed by atoms with van der Waals surface area (Å²) in [5.41, 5.74) is 0.390. The minimum Gasteiger partial charge on any atom is -0.454 e. The summed E-state index contributed by atoms with van der Waals surface area (Å²) in [6.45, 7) is 0.140. The molecule has 1 aromatic carbocycles. The molecular weight excluding hydrogens is 247 g/mol. The standard InChI is InChI=1S/C10H13O6P/c1-13-17(12,14-2)10(11)7-3-4-8-9(5-7)16-6-15-8/h3-5,10-11H,6H2,1-2H3. The van der Waals surface area contributed by atoms with Crippen LogP contribution >= 0.6 is 7.60 Å². The number of benzene rings is 1. The van der Waals surface area contributed by atoms with Gasteiger partial charge in [0.1, 0.15) is 0 Å². The molecule has 1 aliphatic rings. The molecule has 0 spiro atoms. The average Bonchev–Trinajstić information content (AvgIpc) is 2.84. The molecule has 17 heavy (non-hydrogen) atoms. The molecule has 0 saturated heterocycles. The van der Waals surface area contributed by atoms with Gasteiger partial charge in [-0.05, 0) is 17.7 Å². The predicted octanol–water partition coefficient (Wildman–Crippen LogP) is 1.89. The van der Waals surface area contributed by atoms with Crippen LogP contribution in [0.4, 0.5) is 0 Å². The fraction of sp³-hybridized carbons (Fsp3) is 0.400. The van der Waals surface area contributed by atoms with Gasteiger partial charge in [-0.15, -0.1) is 0 Å². The Morgan fingerprint density at radius 3 is 2.59 bits per heavy atom. The van der Waals surface area contributed by atoms with E-state index in [4.69, 9.17) is 18.5 Å². The molecule has 0 aliphatic carbocycles. The van der Waals surface area contributed by atoms with Gasteiger partial charge in [0.05, 0.1) is 0 Å². The molecule has 0 saturated carbocycles. The summed E-state index contributed by atoms with van der Waals surface area (Å²) in [7, 11) is -1.11. The Morgan fingerprint density at radius 2 is 1.94 bits per heavy atom. The van der Waals surface area contributed by atoms with Crippen molar-refractivity contribution in [2.24, 2.45) is 0 Å². The maximum atomic E-state index is 12.0. The zero-order chi connectivity index (χ0) is 12.5. The second-order valence-corrected chi connectivity index (χ2v) is 5.69. The van der Waals surface area contributed by atoms with Gasteiger partial charge in [-0.1, -0.05) is 6.07 Å². The van der Waals surface area contributed by atoms with Gasteiger partial charge >= 0.3 is 7.60 Å². The first kappa shape index (κ1) is 12.4. The molecule has 1 unspecified atom stereocenters. The number of ether oxygens (including phenoxy) is 2. The summed E-state index contributed by atoms with van der Waals surface area (Å²) < 4.78 is 31.8. The molecule has 1 aromatic rings. The number of aliphatic hydroxyl groups is 1. The Morgan fingerprint density at radius 1 is 1.29 bits per heavy atom. The molecule has 1 N–H and O–H groups in total. The monoisotopic (exact) mass is 260 g/mol. The van der Waals surface area contributed by atoms with Crippen molar-refractivity contribution in [3.8, 4) is 11.5 Å². The second kappa shape index (κ2) is 4.66. The van der Waals surface area contributed by atoms with Gasteiger partial charge in [-0.25, -0.2) is 0 Å². The minimum absolute atomic E-state index is 0.140. The highest BCUT2D eigenvalue weighted by molar-refractivity contribution is 7.53. The van der Waals surface area contributed by atoms with E-state index < -0.39 is 13.4 Å². The molecule has 0 bridgehead atoms. The lowest BCUT2D eigenvalue weighted by molar-refractivity contribution is 0.172. The summed E-state index contributed by atoms with van der Waals surface area (Å²) in [6, 6.07) is 4.77. The van der Waals surface area contributed by atoms with E-state index in [-0.39, 0.29) is 6.79 Å². The second-order valence-electron chi connectivity index (χ2n) is 3.39. The molecular formula is C10H13O6P. The van der Waals surface area contributed by atoms with E-state index >= 15 is 0 Å². The van der Waals surface area contributed by atoms with Crippen LogP contribution in [0.5, 0.6) is 11.5 Å². The first-order chi connectivity index (χ1) is 8.10. The fourth-order valence-corrected chi connectivity index (χ4v) is 2.60. The number of hydrogen-bond acceptors (Lipinski definition) is 6. The van der Waals surface area contributed by atoms with E-state index in [9.17, 15) is 9.67 Å². The number of fused-ring (bicyclic) bond motifs is 1. The average molecular weight is 260 g/mol. The quantitative estimate of drug-likeness (QED) is 0.833. The van der Waals surface area contributed by atoms with E-state index in [1.165, 1.54) is 14.2 Å². The molecule has 0 radical (unpaired) electrons. The highest BCUT2D eigenvalue weighted by Gasteiger charge is 2.34. The van der Waals surface area contributed by atoms with Crippen LogP contribution < -0.4 is 9.47 Å². The van der Waals surface area contributed by atoms with Crippen molar-refractivity contribution in [2.45, 2.75) is 5.85 Å². The smallest absolute Gasteiger partial charge is 0.362 e. The Balaban J connectivity index is 2.31. The van der Waals surface area contributed by atoms with E-state index in [1.807, 2.05) is 0 Å². The van der Waals surface area contributed by atoms with Crippen LogP contribution in [0.2, 0.25) is 0 Å². The van der Waals surface area contributed by atoms with Crippen LogP contribution in [-0.2, 0) is 13.6 Å². The fourth-order valence-electron chi connectivity index (χ4n) is 1.53. The van der Waals surface area contributed by atoms with Gasteiger partial charge in [0.15, 0.2) is 17.3 Å². The third-order valence-electron chi connectivity index (χ3n) is 2.50. The van der Waals surface area contributed by atoms with Crippen molar-refractivity contribution < 1.29 is 28.2 Å². The van der Waals surface area contributed by atoms with Crippen LogP contribution in [0.3, 0.4) is 0 Å². The maximum absolute atomic E-state index is 12.0. The molecule has 94 valence electrons. The van der Waals surface area contributed by atoms with Crippen molar-refractivity contribution in [3.63, 3.8) is 0 Å². The SMILES string of the molecule is COP(=O)(OC)C(O)c1ccc2c(c1)OCO2. The molecule has 2 rings (SSSR count). The van der Waals surface area contributed by atoms with Gasteiger partial charge in [0.2, 0.25) is 6.79 Å². The van der Waals surface area contributed by atoms with Crippen LogP contribution in [0.15, 0.2) is 18.2 Å². The van der Waals surface area contributed by atoms with E-state index in [0.29, 0.717) is 17.1 Å². The molecule has 1 heterocycles. The van der Waals surface area contributed by atoms with Gasteiger partial charge in [0.25, 0.3) is 0 Å². The predicted molar refractivity (Wildman–Crippen MR) is 59.1 cm³/mol. The van der Waals surface area contributed by atoms with Crippen LogP contribution in [0.1, 0.15) is 11.4 Å². The topological polar surface area (TPSA) is 74.2 Å². The van der Waals surface area contributed by atoms with Crippen molar-refractivity contribution in [2.75, 3.05) is 21.0 Å². The first-order valence-corrected chi connectivity index (χ1v) is 6.50. The zero-order valence-electron chi connectivity index (χ0n) is 9.45. The van der Waals surface area contributed by atoms with E-state index in [0.717, 1.165) is 0 Å². The van der Waals surface area contributed by atoms with Crippen molar-refractivity contribution >= 4 is 7.60 Å². The molecule has 0 aromatic heterocycles. The minimum atomic E-state index is -3.56. The lowest BCUT2D eigenvalue weighted by Gasteiger charge is -2.19. The molecule has 7 heteroatoms. The van der Waals surface area contributed by atoms with Crippen LogP contribution in [0, 0.1) is 0 Å². The van der Waals surface area contributed by atoms with Crippen molar-refractivity contribution in [1.82, 2.24) is 0 Å². The highest BCUT2D eigenvalue weighted by Crippen LogP contribution is 2.58. The van der Waals surface area contributed by atoms with Crippen molar-refractivity contribution in [1.29, 1.82) is 0 Å². The number of rotatable bonds is 4. The molecule has 0 amide bonds. The largest absolute Gasteiger partial charge is 0.454 e. The van der Waals surface area contributed by atoms with Gasteiger partial charge in [-0.3, -0.25) is 4.57 Å². The van der Waals surface area contributed by atoms with Crippen LogP contribution in [-0.4, -0.2) is 26.1 Å². The van der Waals surface area contributed by atoms with Crippen LogP contribution in [0.25, 0.3) is 0 Å². The Labute approximate surface area is 98.6 Å². The van der Waals surface area contributed by atoms with E-state index in [1.54, 1.807) is 18.2 Å². The lowest BCUT2D eigenvalue weighted by Crippen LogP contribution is -2.02. The zero-order valence-corrected chi connectivity index (χ0v) is 10.3. The summed E-state index contributed by atoms with van der Waals surface area (Å²) in [5, 5.41) is 9.96. The third kappa shape index (κ3) is 2.17. The normalized spacial score (nSPS) is 15.9. The number of hydrogen-bond donors (Lipinski definition) is 1. The lowest BCUT2D eigenvalue weighted by atomic mass is 10.2. The summed E-state index contributed by atoms with van der Waals surface area (Å²) in [6.07, 6.45) is 0. The molecule has 1 aliphatic heterocycles. The summed E-state index contributed by atoms with van der Waals surface area (Å²) in [4.78, 5) is 0. The molecule has 1 atom stereocenters. The third-order valence-corrected chi connectivity index (χ3v) is 4.42. The summed E-state index contributed by atoms with van der Waals surface area (Å²) in [5.74, 6) is -0.266. The molecule has 0 fully saturated rings. The van der Waals surface area contributed by atoms with Gasteiger partial charge in [-0.2, -0.15) is 0 Å². The van der Waals surface area contributed by atoms with Crippen molar-refractivity contribution in [3.05, 3.63) is 23.8 Å². The number of aliphatic hydroxyl groups excluding tert-OH is 1. The Hall–Kier alpha value is -1.07. The highest BCUT2D eigenvalue weighted by atomic mass is 31.2.